The summed E-state index contributed by atoms with van der Waals surface area (Å²) in [5.41, 5.74) is 1.05. The maximum absolute atomic E-state index is 10.5. The molecule has 0 saturated heterocycles. The first-order valence-corrected chi connectivity index (χ1v) is 6.57. The molecule has 0 aliphatic carbocycles. The molecular weight excluding hydrogens is 298 g/mol. The predicted molar refractivity (Wildman–Crippen MR) is 73.8 cm³/mol. The summed E-state index contributed by atoms with van der Waals surface area (Å²) in [4.78, 5) is 10.5. The van der Waals surface area contributed by atoms with Crippen LogP contribution in [0.4, 0.5) is 0 Å². The summed E-state index contributed by atoms with van der Waals surface area (Å²) in [6.07, 6.45) is 0.183. The Morgan fingerprint density at radius 2 is 2.28 bits per heavy atom. The van der Waals surface area contributed by atoms with Gasteiger partial charge in [0.1, 0.15) is 5.75 Å². The largest absolute Gasteiger partial charge is 0.496 e. The van der Waals surface area contributed by atoms with Crippen LogP contribution in [0.3, 0.4) is 0 Å². The molecule has 0 aliphatic heterocycles. The molecule has 0 fully saturated rings. The van der Waals surface area contributed by atoms with E-state index in [1.807, 2.05) is 25.1 Å². The smallest absolute Gasteiger partial charge is 0.303 e. The fraction of sp³-hybridized carbons (Fsp3) is 0.462. The van der Waals surface area contributed by atoms with Gasteiger partial charge in [0.05, 0.1) is 7.11 Å². The summed E-state index contributed by atoms with van der Waals surface area (Å²) in [6, 6.07) is 5.82. The van der Waals surface area contributed by atoms with Crippen LogP contribution in [0.5, 0.6) is 5.75 Å². The van der Waals surface area contributed by atoms with E-state index in [1.54, 1.807) is 7.11 Å². The maximum Gasteiger partial charge on any atom is 0.303 e. The van der Waals surface area contributed by atoms with Crippen molar-refractivity contribution in [2.45, 2.75) is 19.9 Å². The number of hydrogen-bond donors (Lipinski definition) is 2. The van der Waals surface area contributed by atoms with Gasteiger partial charge in [-0.25, -0.2) is 0 Å². The Morgan fingerprint density at radius 1 is 1.56 bits per heavy atom. The van der Waals surface area contributed by atoms with Crippen molar-refractivity contribution < 1.29 is 14.6 Å². The van der Waals surface area contributed by atoms with E-state index in [4.69, 9.17) is 9.84 Å². The lowest BCUT2D eigenvalue weighted by molar-refractivity contribution is -0.137. The molecule has 0 aromatic heterocycles. The first-order valence-electron chi connectivity index (χ1n) is 5.78. The van der Waals surface area contributed by atoms with Gasteiger partial charge in [0.2, 0.25) is 0 Å². The van der Waals surface area contributed by atoms with Crippen LogP contribution in [-0.2, 0) is 11.3 Å². The second-order valence-electron chi connectivity index (χ2n) is 4.29. The average Bonchev–Trinajstić information content (AvgIpc) is 2.28. The van der Waals surface area contributed by atoms with Crippen LogP contribution < -0.4 is 10.1 Å². The number of halogens is 1. The Balaban J connectivity index is 2.48. The molecule has 18 heavy (non-hydrogen) atoms. The molecule has 4 nitrogen and oxygen atoms in total. The fourth-order valence-corrected chi connectivity index (χ4v) is 2.12. The summed E-state index contributed by atoms with van der Waals surface area (Å²) >= 11 is 3.42. The van der Waals surface area contributed by atoms with E-state index in [9.17, 15) is 4.79 Å². The van der Waals surface area contributed by atoms with Crippen LogP contribution in [0.25, 0.3) is 0 Å². The minimum absolute atomic E-state index is 0.112. The molecule has 1 aromatic rings. The zero-order valence-electron chi connectivity index (χ0n) is 10.6. The molecule has 1 unspecified atom stereocenters. The SMILES string of the molecule is COc1ccc(Br)cc1CNCC(C)CC(=O)O. The van der Waals surface area contributed by atoms with Crippen LogP contribution in [0, 0.1) is 5.92 Å². The van der Waals surface area contributed by atoms with Gasteiger partial charge in [-0.3, -0.25) is 4.79 Å². The van der Waals surface area contributed by atoms with E-state index in [2.05, 4.69) is 21.2 Å². The molecule has 0 saturated carbocycles. The Morgan fingerprint density at radius 3 is 2.89 bits per heavy atom. The van der Waals surface area contributed by atoms with E-state index < -0.39 is 5.97 Å². The van der Waals surface area contributed by atoms with Gasteiger partial charge < -0.3 is 15.2 Å². The summed E-state index contributed by atoms with van der Waals surface area (Å²) in [7, 11) is 1.64. The molecule has 0 aliphatic rings. The molecule has 0 radical (unpaired) electrons. The second-order valence-corrected chi connectivity index (χ2v) is 5.21. The number of hydrogen-bond acceptors (Lipinski definition) is 3. The molecule has 0 heterocycles. The van der Waals surface area contributed by atoms with Gasteiger partial charge in [0, 0.05) is 23.0 Å². The fourth-order valence-electron chi connectivity index (χ4n) is 1.71. The number of aliphatic carboxylic acids is 1. The van der Waals surface area contributed by atoms with Crippen molar-refractivity contribution in [2.24, 2.45) is 5.92 Å². The van der Waals surface area contributed by atoms with E-state index in [0.29, 0.717) is 13.1 Å². The second kappa shape index (κ2) is 7.38. The van der Waals surface area contributed by atoms with Gasteiger partial charge in [-0.15, -0.1) is 0 Å². The van der Waals surface area contributed by atoms with Crippen molar-refractivity contribution in [3.05, 3.63) is 28.2 Å². The van der Waals surface area contributed by atoms with Crippen molar-refractivity contribution in [2.75, 3.05) is 13.7 Å². The van der Waals surface area contributed by atoms with E-state index in [1.165, 1.54) is 0 Å². The van der Waals surface area contributed by atoms with Gasteiger partial charge >= 0.3 is 5.97 Å². The highest BCUT2D eigenvalue weighted by Gasteiger charge is 2.08. The summed E-state index contributed by atoms with van der Waals surface area (Å²) < 4.78 is 6.27. The van der Waals surface area contributed by atoms with Crippen LogP contribution in [-0.4, -0.2) is 24.7 Å². The summed E-state index contributed by atoms with van der Waals surface area (Å²) in [5.74, 6) is 0.182. The standard InChI is InChI=1S/C13H18BrNO3/c1-9(5-13(16)17)7-15-8-10-6-11(14)3-4-12(10)18-2/h3-4,6,9,15H,5,7-8H2,1-2H3,(H,16,17). The molecule has 0 spiro atoms. The third-order valence-electron chi connectivity index (χ3n) is 2.57. The minimum Gasteiger partial charge on any atom is -0.496 e. The number of ether oxygens (including phenoxy) is 1. The predicted octanol–water partition coefficient (Wildman–Crippen LogP) is 2.66. The zero-order valence-corrected chi connectivity index (χ0v) is 12.2. The third kappa shape index (κ3) is 5.06. The Kier molecular flexibility index (Phi) is 6.15. The molecule has 0 bridgehead atoms. The minimum atomic E-state index is -0.760. The zero-order chi connectivity index (χ0) is 13.5. The Labute approximate surface area is 115 Å². The number of benzene rings is 1. The summed E-state index contributed by atoms with van der Waals surface area (Å²) in [6.45, 7) is 3.24. The molecule has 1 rings (SSSR count). The topological polar surface area (TPSA) is 58.6 Å². The molecule has 1 aromatic carbocycles. The van der Waals surface area contributed by atoms with Gasteiger partial charge in [0.25, 0.3) is 0 Å². The van der Waals surface area contributed by atoms with Gasteiger partial charge in [-0.05, 0) is 30.7 Å². The van der Waals surface area contributed by atoms with Crippen molar-refractivity contribution in [3.8, 4) is 5.75 Å². The normalized spacial score (nSPS) is 12.2. The first-order chi connectivity index (χ1) is 8.52. The number of carboxylic acid groups (broad SMARTS) is 1. The number of rotatable bonds is 7. The van der Waals surface area contributed by atoms with Gasteiger partial charge in [-0.1, -0.05) is 22.9 Å². The van der Waals surface area contributed by atoms with Gasteiger partial charge in [-0.2, -0.15) is 0 Å². The lowest BCUT2D eigenvalue weighted by atomic mass is 10.1. The third-order valence-corrected chi connectivity index (χ3v) is 3.07. The monoisotopic (exact) mass is 315 g/mol. The van der Waals surface area contributed by atoms with Crippen molar-refractivity contribution in [3.63, 3.8) is 0 Å². The average molecular weight is 316 g/mol. The van der Waals surface area contributed by atoms with Crippen LogP contribution in [0.1, 0.15) is 18.9 Å². The van der Waals surface area contributed by atoms with E-state index in [-0.39, 0.29) is 12.3 Å². The highest BCUT2D eigenvalue weighted by atomic mass is 79.9. The highest BCUT2D eigenvalue weighted by Crippen LogP contribution is 2.22. The molecule has 5 heteroatoms. The van der Waals surface area contributed by atoms with Crippen LogP contribution >= 0.6 is 15.9 Å². The van der Waals surface area contributed by atoms with Crippen LogP contribution in [0.2, 0.25) is 0 Å². The lowest BCUT2D eigenvalue weighted by Crippen LogP contribution is -2.22. The Bertz CT molecular complexity index is 409. The van der Waals surface area contributed by atoms with Crippen molar-refractivity contribution >= 4 is 21.9 Å². The molecule has 0 amide bonds. The Hall–Kier alpha value is -1.07. The quantitative estimate of drug-likeness (QED) is 0.812. The van der Waals surface area contributed by atoms with Crippen molar-refractivity contribution in [1.82, 2.24) is 5.32 Å². The highest BCUT2D eigenvalue weighted by molar-refractivity contribution is 9.10. The number of carbonyl (C=O) groups is 1. The number of methoxy groups -OCH3 is 1. The maximum atomic E-state index is 10.5. The number of carboxylic acids is 1. The van der Waals surface area contributed by atoms with Crippen molar-refractivity contribution in [1.29, 1.82) is 0 Å². The van der Waals surface area contributed by atoms with Gasteiger partial charge in [0.15, 0.2) is 0 Å². The lowest BCUT2D eigenvalue weighted by Gasteiger charge is -2.12. The van der Waals surface area contributed by atoms with E-state index >= 15 is 0 Å². The molecule has 2 N–H and O–H groups in total. The molecule has 100 valence electrons. The molecule has 1 atom stereocenters. The summed E-state index contributed by atoms with van der Waals surface area (Å²) in [5, 5.41) is 11.9. The number of nitrogens with one attached hydrogen (secondary N) is 1. The van der Waals surface area contributed by atoms with Crippen LogP contribution in [0.15, 0.2) is 22.7 Å². The van der Waals surface area contributed by atoms with E-state index in [0.717, 1.165) is 15.8 Å². The molecular formula is C13H18BrNO3. The first kappa shape index (κ1) is 15.0.